The van der Waals surface area contributed by atoms with Crippen molar-refractivity contribution >= 4 is 23.3 Å². The Kier molecular flexibility index (Phi) is 5.28. The van der Waals surface area contributed by atoms with Crippen LogP contribution in [0, 0.1) is 19.7 Å². The van der Waals surface area contributed by atoms with E-state index in [-0.39, 0.29) is 18.9 Å². The number of rotatable bonds is 6. The fraction of sp³-hybridized carbons (Fsp3) is 0.348. The first-order valence-electron chi connectivity index (χ1n) is 10.9. The number of hydrogen-bond donors (Lipinski definition) is 3. The van der Waals surface area contributed by atoms with E-state index in [1.807, 2.05) is 0 Å². The van der Waals surface area contributed by atoms with Crippen LogP contribution < -0.4 is 10.6 Å². The van der Waals surface area contributed by atoms with Crippen molar-refractivity contribution in [2.75, 3.05) is 18.5 Å². The Morgan fingerprint density at radius 2 is 2.03 bits per heavy atom. The smallest absolute Gasteiger partial charge is 0.294 e. The van der Waals surface area contributed by atoms with Gasteiger partial charge in [0.1, 0.15) is 17.1 Å². The first-order chi connectivity index (χ1) is 16.3. The van der Waals surface area contributed by atoms with Crippen molar-refractivity contribution in [2.24, 2.45) is 0 Å². The summed E-state index contributed by atoms with van der Waals surface area (Å²) in [6.07, 6.45) is 2.81. The number of halogens is 1. The highest BCUT2D eigenvalue weighted by Gasteiger charge is 2.46. The summed E-state index contributed by atoms with van der Waals surface area (Å²) in [4.78, 5) is 39.4. The minimum Gasteiger partial charge on any atom is -0.376 e. The molecular formula is C23H23FN6O4. The number of amides is 2. The summed E-state index contributed by atoms with van der Waals surface area (Å²) in [5, 5.41) is 15.8. The van der Waals surface area contributed by atoms with E-state index in [4.69, 9.17) is 4.74 Å². The lowest BCUT2D eigenvalue weighted by molar-refractivity contribution is -0.130. The van der Waals surface area contributed by atoms with Crippen LogP contribution in [0.3, 0.4) is 0 Å². The molecule has 176 valence electrons. The van der Waals surface area contributed by atoms with Crippen LogP contribution in [0.15, 0.2) is 24.4 Å². The monoisotopic (exact) mass is 466 g/mol. The minimum absolute atomic E-state index is 0.171. The number of aromatic amines is 1. The molecule has 1 fully saturated rings. The number of nitrogens with zero attached hydrogens (tertiary/aromatic N) is 3. The summed E-state index contributed by atoms with van der Waals surface area (Å²) in [5.41, 5.74) is 1.96. The zero-order valence-corrected chi connectivity index (χ0v) is 18.7. The van der Waals surface area contributed by atoms with Crippen molar-refractivity contribution in [2.45, 2.75) is 38.8 Å². The van der Waals surface area contributed by atoms with Gasteiger partial charge < -0.3 is 19.9 Å². The van der Waals surface area contributed by atoms with Crippen LogP contribution in [-0.4, -0.2) is 50.8 Å². The summed E-state index contributed by atoms with van der Waals surface area (Å²) in [7, 11) is 0. The van der Waals surface area contributed by atoms with Gasteiger partial charge in [-0.15, -0.1) is 0 Å². The number of nitrogens with one attached hydrogen (secondary N) is 3. The highest BCUT2D eigenvalue weighted by Crippen LogP contribution is 2.31. The summed E-state index contributed by atoms with van der Waals surface area (Å²) < 4.78 is 20.9. The zero-order valence-electron chi connectivity index (χ0n) is 18.7. The highest BCUT2D eigenvalue weighted by molar-refractivity contribution is 6.43. The molecule has 0 spiro atoms. The average Bonchev–Trinajstić information content (AvgIpc) is 3.50. The number of aryl methyl sites for hydroxylation is 1. The Morgan fingerprint density at radius 1 is 1.24 bits per heavy atom. The van der Waals surface area contributed by atoms with Gasteiger partial charge in [-0.05, 0) is 49.9 Å². The van der Waals surface area contributed by atoms with E-state index in [0.717, 1.165) is 6.42 Å². The maximum atomic E-state index is 13.9. The molecular weight excluding hydrogens is 443 g/mol. The lowest BCUT2D eigenvalue weighted by Crippen LogP contribution is -2.60. The van der Waals surface area contributed by atoms with E-state index in [9.17, 15) is 18.8 Å². The number of hydrogen-bond acceptors (Lipinski definition) is 6. The Labute approximate surface area is 193 Å². The number of carbonyl (C=O) groups excluding carboxylic acids is 3. The highest BCUT2D eigenvalue weighted by atomic mass is 19.1. The lowest BCUT2D eigenvalue weighted by Gasteiger charge is -2.39. The third-order valence-electron chi connectivity index (χ3n) is 6.44. The van der Waals surface area contributed by atoms with Gasteiger partial charge >= 0.3 is 0 Å². The normalized spacial score (nSPS) is 16.0. The van der Waals surface area contributed by atoms with E-state index >= 15 is 0 Å². The number of anilines is 1. The Morgan fingerprint density at radius 3 is 2.68 bits per heavy atom. The molecule has 3 N–H and O–H groups in total. The molecule has 11 heteroatoms. The van der Waals surface area contributed by atoms with Crippen LogP contribution >= 0.6 is 0 Å². The second kappa shape index (κ2) is 8.17. The van der Waals surface area contributed by atoms with Crippen molar-refractivity contribution in [3.63, 3.8) is 0 Å². The molecule has 10 nitrogen and oxygen atoms in total. The summed E-state index contributed by atoms with van der Waals surface area (Å²) in [6, 6.07) is 4.45. The van der Waals surface area contributed by atoms with Gasteiger partial charge in [-0.2, -0.15) is 15.4 Å². The predicted octanol–water partition coefficient (Wildman–Crippen LogP) is 1.79. The van der Waals surface area contributed by atoms with Gasteiger partial charge in [0.15, 0.2) is 0 Å². The van der Waals surface area contributed by atoms with Crippen molar-refractivity contribution in [1.82, 2.24) is 25.3 Å². The number of ether oxygens (including phenoxy) is 1. The van der Waals surface area contributed by atoms with E-state index in [2.05, 4.69) is 26.0 Å². The molecule has 0 saturated carbocycles. The van der Waals surface area contributed by atoms with Crippen LogP contribution in [0.4, 0.5) is 10.1 Å². The van der Waals surface area contributed by atoms with Gasteiger partial charge in [0.25, 0.3) is 17.6 Å². The van der Waals surface area contributed by atoms with Gasteiger partial charge in [0.05, 0.1) is 30.7 Å². The van der Waals surface area contributed by atoms with Crippen LogP contribution in [0.5, 0.6) is 0 Å². The Bertz CT molecular complexity index is 1310. The fourth-order valence-corrected chi connectivity index (χ4v) is 4.58. The van der Waals surface area contributed by atoms with Crippen molar-refractivity contribution in [3.05, 3.63) is 64.0 Å². The van der Waals surface area contributed by atoms with E-state index < -0.39 is 29.0 Å². The van der Waals surface area contributed by atoms with Crippen molar-refractivity contribution < 1.29 is 23.5 Å². The molecule has 0 aliphatic carbocycles. The van der Waals surface area contributed by atoms with Crippen LogP contribution in [-0.2, 0) is 28.0 Å². The summed E-state index contributed by atoms with van der Waals surface area (Å²) >= 11 is 0. The number of aromatic nitrogens is 4. The molecule has 2 aromatic heterocycles. The molecule has 34 heavy (non-hydrogen) atoms. The second-order valence-electron chi connectivity index (χ2n) is 8.68. The Hall–Kier alpha value is -3.86. The number of ketones is 1. The molecule has 0 atom stereocenters. The fourth-order valence-electron chi connectivity index (χ4n) is 4.58. The molecule has 0 bridgehead atoms. The second-order valence-corrected chi connectivity index (χ2v) is 8.68. The maximum Gasteiger partial charge on any atom is 0.294 e. The van der Waals surface area contributed by atoms with Gasteiger partial charge in [-0.25, -0.2) is 4.39 Å². The quantitative estimate of drug-likeness (QED) is 0.375. The molecule has 1 saturated heterocycles. The molecule has 0 radical (unpaired) electrons. The number of carbonyl (C=O) groups is 3. The van der Waals surface area contributed by atoms with E-state index in [0.29, 0.717) is 46.7 Å². The van der Waals surface area contributed by atoms with Crippen molar-refractivity contribution in [3.8, 4) is 0 Å². The molecule has 2 aliphatic rings. The summed E-state index contributed by atoms with van der Waals surface area (Å²) in [5.74, 6) is -2.42. The predicted molar refractivity (Wildman–Crippen MR) is 118 cm³/mol. The largest absolute Gasteiger partial charge is 0.376 e. The number of fused-ring (bicyclic) bond motifs is 1. The van der Waals surface area contributed by atoms with Gasteiger partial charge in [-0.1, -0.05) is 6.07 Å². The van der Waals surface area contributed by atoms with Crippen LogP contribution in [0.2, 0.25) is 0 Å². The van der Waals surface area contributed by atoms with Gasteiger partial charge in [0.2, 0.25) is 0 Å². The average molecular weight is 466 g/mol. The van der Waals surface area contributed by atoms with Crippen LogP contribution in [0.25, 0.3) is 0 Å². The number of benzene rings is 1. The first kappa shape index (κ1) is 22.0. The van der Waals surface area contributed by atoms with Gasteiger partial charge in [0, 0.05) is 17.9 Å². The molecule has 2 aliphatic heterocycles. The topological polar surface area (TPSA) is 131 Å². The van der Waals surface area contributed by atoms with E-state index in [1.165, 1.54) is 12.3 Å². The SMILES string of the molecule is Cc1ccc(NC(=O)c2c(C)c(C(=O)C(=O)NC3(c4cn[nH]n4)COC3)n3c2CCC3)cc1F. The van der Waals surface area contributed by atoms with Crippen molar-refractivity contribution in [1.29, 1.82) is 0 Å². The van der Waals surface area contributed by atoms with Crippen LogP contribution in [0.1, 0.15) is 49.8 Å². The Balaban J connectivity index is 1.43. The lowest BCUT2D eigenvalue weighted by atomic mass is 9.93. The molecule has 5 rings (SSSR count). The third-order valence-corrected chi connectivity index (χ3v) is 6.44. The number of H-pyrrole nitrogens is 1. The minimum atomic E-state index is -0.927. The first-order valence-corrected chi connectivity index (χ1v) is 10.9. The van der Waals surface area contributed by atoms with E-state index in [1.54, 1.807) is 30.5 Å². The zero-order chi connectivity index (χ0) is 24.0. The molecule has 4 heterocycles. The maximum absolute atomic E-state index is 13.9. The number of Topliss-reactive ketones (excluding diaryl/α,β-unsaturated/α-hetero) is 1. The molecule has 0 unspecified atom stereocenters. The third kappa shape index (κ3) is 3.48. The summed E-state index contributed by atoms with van der Waals surface area (Å²) in [6.45, 7) is 4.15. The molecule has 3 aromatic rings. The molecule has 2 amide bonds. The van der Waals surface area contributed by atoms with Gasteiger partial charge in [-0.3, -0.25) is 14.4 Å². The standard InChI is InChI=1S/C23H23FN6O4/c1-12-5-6-14(8-15(12)24)26-21(32)18-13(2)19(30-7-3-4-16(18)30)20(31)22(33)27-23(10-34-11-23)17-9-25-29-28-17/h5-6,8-9H,3-4,7,10-11H2,1-2H3,(H,26,32)(H,27,33)(H,25,28,29). The molecule has 1 aromatic carbocycles.